The summed E-state index contributed by atoms with van der Waals surface area (Å²) in [4.78, 5) is 40.2. The van der Waals surface area contributed by atoms with Crippen molar-refractivity contribution in [2.75, 3.05) is 39.0 Å². The van der Waals surface area contributed by atoms with Gasteiger partial charge in [-0.1, -0.05) is 0 Å². The summed E-state index contributed by atoms with van der Waals surface area (Å²) in [6, 6.07) is 4.60. The summed E-state index contributed by atoms with van der Waals surface area (Å²) in [6.07, 6.45) is 3.49. The molecule has 148 valence electrons. The summed E-state index contributed by atoms with van der Waals surface area (Å²) in [7, 11) is 0. The van der Waals surface area contributed by atoms with Gasteiger partial charge in [-0.2, -0.15) is 0 Å². The minimum absolute atomic E-state index is 0. The molecule has 2 amide bonds. The van der Waals surface area contributed by atoms with Gasteiger partial charge in [0.1, 0.15) is 5.56 Å². The Balaban J connectivity index is 0.00000261. The van der Waals surface area contributed by atoms with Gasteiger partial charge in [-0.3, -0.25) is 19.7 Å². The number of nitro groups is 1. The van der Waals surface area contributed by atoms with Crippen molar-refractivity contribution in [3.05, 3.63) is 33.9 Å². The number of thioether (sulfide) groups is 1. The van der Waals surface area contributed by atoms with Crippen molar-refractivity contribution < 1.29 is 14.5 Å². The third kappa shape index (κ3) is 4.72. The van der Waals surface area contributed by atoms with Crippen LogP contribution in [0.1, 0.15) is 23.2 Å². The summed E-state index contributed by atoms with van der Waals surface area (Å²) >= 11 is 1.44. The first-order valence-corrected chi connectivity index (χ1v) is 9.85. The largest absolute Gasteiger partial charge is 0.336 e. The van der Waals surface area contributed by atoms with E-state index < -0.39 is 4.92 Å². The molecule has 1 atom stereocenters. The van der Waals surface area contributed by atoms with E-state index in [-0.39, 0.29) is 41.5 Å². The fourth-order valence-corrected chi connectivity index (χ4v) is 3.98. The molecule has 8 nitrogen and oxygen atoms in total. The zero-order chi connectivity index (χ0) is 18.7. The Bertz CT molecular complexity index is 733. The number of benzene rings is 1. The first-order chi connectivity index (χ1) is 12.5. The summed E-state index contributed by atoms with van der Waals surface area (Å²) in [5, 5.41) is 14.4. The van der Waals surface area contributed by atoms with Crippen molar-refractivity contribution in [2.24, 2.45) is 0 Å². The number of nitrogens with zero attached hydrogens (tertiary/aromatic N) is 3. The Kier molecular flexibility index (Phi) is 7.46. The zero-order valence-corrected chi connectivity index (χ0v) is 16.7. The van der Waals surface area contributed by atoms with Crippen LogP contribution in [0.5, 0.6) is 0 Å². The highest BCUT2D eigenvalue weighted by Gasteiger charge is 2.33. The highest BCUT2D eigenvalue weighted by Crippen LogP contribution is 2.27. The van der Waals surface area contributed by atoms with Crippen molar-refractivity contribution >= 4 is 41.7 Å². The molecule has 0 aliphatic carbocycles. The smallest absolute Gasteiger partial charge is 0.282 e. The van der Waals surface area contributed by atoms with Crippen LogP contribution in [0.3, 0.4) is 0 Å². The summed E-state index contributed by atoms with van der Waals surface area (Å²) < 4.78 is 0. The maximum atomic E-state index is 13.0. The van der Waals surface area contributed by atoms with Gasteiger partial charge in [0.25, 0.3) is 11.6 Å². The fourth-order valence-electron chi connectivity index (χ4n) is 3.54. The number of likely N-dealkylation sites (tertiary alicyclic amines) is 1. The van der Waals surface area contributed by atoms with Gasteiger partial charge in [0.05, 0.1) is 11.5 Å². The minimum atomic E-state index is -0.515. The monoisotopic (exact) mass is 414 g/mol. The second kappa shape index (κ2) is 9.38. The molecule has 0 aromatic heterocycles. The van der Waals surface area contributed by atoms with Crippen LogP contribution >= 0.6 is 24.2 Å². The van der Waals surface area contributed by atoms with Gasteiger partial charge in [-0.25, -0.2) is 0 Å². The van der Waals surface area contributed by atoms with Crippen LogP contribution < -0.4 is 5.32 Å². The van der Waals surface area contributed by atoms with Crippen LogP contribution in [0, 0.1) is 10.1 Å². The Hall–Kier alpha value is -1.84. The van der Waals surface area contributed by atoms with E-state index in [0.717, 1.165) is 24.3 Å². The van der Waals surface area contributed by atoms with Crippen molar-refractivity contribution in [3.8, 4) is 0 Å². The van der Waals surface area contributed by atoms with Crippen molar-refractivity contribution in [2.45, 2.75) is 23.8 Å². The quantitative estimate of drug-likeness (QED) is 0.458. The molecule has 0 bridgehead atoms. The molecule has 27 heavy (non-hydrogen) atoms. The number of piperazine rings is 1. The lowest BCUT2D eigenvalue weighted by Crippen LogP contribution is -2.57. The van der Waals surface area contributed by atoms with Gasteiger partial charge in [0, 0.05) is 43.2 Å². The van der Waals surface area contributed by atoms with Crippen LogP contribution in [-0.4, -0.2) is 71.6 Å². The van der Waals surface area contributed by atoms with E-state index in [2.05, 4.69) is 5.32 Å². The Morgan fingerprint density at radius 1 is 1.37 bits per heavy atom. The van der Waals surface area contributed by atoms with Gasteiger partial charge >= 0.3 is 0 Å². The number of carbonyl (C=O) groups excluding carboxylic acids is 2. The van der Waals surface area contributed by atoms with Gasteiger partial charge in [0.2, 0.25) is 5.91 Å². The van der Waals surface area contributed by atoms with Crippen LogP contribution in [0.25, 0.3) is 0 Å². The van der Waals surface area contributed by atoms with Crippen LogP contribution in [0.2, 0.25) is 0 Å². The van der Waals surface area contributed by atoms with Gasteiger partial charge in [-0.05, 0) is 31.2 Å². The number of amides is 2. The molecule has 0 radical (unpaired) electrons. The van der Waals surface area contributed by atoms with Crippen LogP contribution in [-0.2, 0) is 4.79 Å². The van der Waals surface area contributed by atoms with E-state index in [1.807, 2.05) is 11.2 Å². The molecule has 3 rings (SSSR count). The van der Waals surface area contributed by atoms with E-state index in [9.17, 15) is 19.7 Å². The van der Waals surface area contributed by atoms with Crippen molar-refractivity contribution in [1.29, 1.82) is 0 Å². The topological polar surface area (TPSA) is 95.8 Å². The molecule has 2 fully saturated rings. The highest BCUT2D eigenvalue weighted by atomic mass is 35.5. The normalized spacial score (nSPS) is 20.2. The Morgan fingerprint density at radius 3 is 2.81 bits per heavy atom. The number of carbonyl (C=O) groups is 2. The maximum Gasteiger partial charge on any atom is 0.282 e. The SMILES string of the molecule is CSc1ccc([N+](=O)[O-])c(C(=O)N2CCCC(N3CCNCC3=O)C2)c1.Cl. The van der Waals surface area contributed by atoms with Gasteiger partial charge in [0.15, 0.2) is 0 Å². The second-order valence-electron chi connectivity index (χ2n) is 6.45. The molecular formula is C17H23ClN4O4S. The number of piperidine rings is 1. The second-order valence-corrected chi connectivity index (χ2v) is 7.33. The van der Waals surface area contributed by atoms with Gasteiger partial charge in [-0.15, -0.1) is 24.2 Å². The number of rotatable bonds is 4. The zero-order valence-electron chi connectivity index (χ0n) is 15.1. The van der Waals surface area contributed by atoms with Crippen molar-refractivity contribution in [3.63, 3.8) is 0 Å². The molecule has 1 unspecified atom stereocenters. The molecule has 2 aliphatic rings. The molecule has 1 N–H and O–H groups in total. The third-order valence-electron chi connectivity index (χ3n) is 4.88. The first kappa shape index (κ1) is 21.5. The molecule has 2 aliphatic heterocycles. The maximum absolute atomic E-state index is 13.0. The fraction of sp³-hybridized carbons (Fsp3) is 0.529. The third-order valence-corrected chi connectivity index (χ3v) is 5.61. The predicted octanol–water partition coefficient (Wildman–Crippen LogP) is 1.77. The lowest BCUT2D eigenvalue weighted by molar-refractivity contribution is -0.385. The molecule has 0 saturated carbocycles. The van der Waals surface area contributed by atoms with E-state index >= 15 is 0 Å². The molecule has 0 spiro atoms. The molecule has 1 aromatic carbocycles. The summed E-state index contributed by atoms with van der Waals surface area (Å²) in [6.45, 7) is 2.68. The molecular weight excluding hydrogens is 392 g/mol. The van der Waals surface area contributed by atoms with Gasteiger partial charge < -0.3 is 15.1 Å². The van der Waals surface area contributed by atoms with Crippen molar-refractivity contribution in [1.82, 2.24) is 15.1 Å². The lowest BCUT2D eigenvalue weighted by atomic mass is 10.0. The predicted molar refractivity (Wildman–Crippen MR) is 106 cm³/mol. The first-order valence-electron chi connectivity index (χ1n) is 8.63. The standard InChI is InChI=1S/C17H22N4O4S.ClH/c1-26-13-4-5-15(21(24)25)14(9-13)17(23)19-7-2-3-12(11-19)20-8-6-18-10-16(20)22;/h4-5,9,12,18H,2-3,6-8,10-11H2,1H3;1H. The van der Waals surface area contributed by atoms with E-state index in [0.29, 0.717) is 26.2 Å². The number of halogens is 1. The highest BCUT2D eigenvalue weighted by molar-refractivity contribution is 7.98. The minimum Gasteiger partial charge on any atom is -0.336 e. The van der Waals surface area contributed by atoms with E-state index in [1.54, 1.807) is 17.0 Å². The summed E-state index contributed by atoms with van der Waals surface area (Å²) in [5.74, 6) is -0.286. The molecule has 2 saturated heterocycles. The average molecular weight is 415 g/mol. The van der Waals surface area contributed by atoms with E-state index in [4.69, 9.17) is 0 Å². The van der Waals surface area contributed by atoms with E-state index in [1.165, 1.54) is 17.8 Å². The number of nitro benzene ring substituents is 1. The molecule has 2 heterocycles. The number of hydrogen-bond donors (Lipinski definition) is 1. The Labute approximate surface area is 168 Å². The lowest BCUT2D eigenvalue weighted by Gasteiger charge is -2.41. The number of nitrogens with one attached hydrogen (secondary N) is 1. The van der Waals surface area contributed by atoms with Crippen LogP contribution in [0.4, 0.5) is 5.69 Å². The molecule has 10 heteroatoms. The number of hydrogen-bond acceptors (Lipinski definition) is 6. The van der Waals surface area contributed by atoms with Crippen LogP contribution in [0.15, 0.2) is 23.1 Å². The Morgan fingerprint density at radius 2 is 2.15 bits per heavy atom. The average Bonchev–Trinajstić information content (AvgIpc) is 2.67. The molecule has 1 aromatic rings. The summed E-state index contributed by atoms with van der Waals surface area (Å²) in [5.41, 5.74) is -0.0534.